The Morgan fingerprint density at radius 3 is 2.42 bits per heavy atom. The summed E-state index contributed by atoms with van der Waals surface area (Å²) in [5, 5.41) is 1.55. The molecule has 2 amide bonds. The van der Waals surface area contributed by atoms with Gasteiger partial charge in [-0.2, -0.15) is 0 Å². The van der Waals surface area contributed by atoms with Gasteiger partial charge >= 0.3 is 0 Å². The third-order valence-corrected chi connectivity index (χ3v) is 7.73. The Morgan fingerprint density at radius 2 is 1.67 bits per heavy atom. The number of likely N-dealkylation sites (N-methyl/N-ethyl adjacent to an activating group) is 1. The van der Waals surface area contributed by atoms with Crippen LogP contribution in [0.4, 0.5) is 5.69 Å². The first-order valence-corrected chi connectivity index (χ1v) is 12.7. The van der Waals surface area contributed by atoms with E-state index in [0.717, 1.165) is 18.8 Å². The van der Waals surface area contributed by atoms with Crippen molar-refractivity contribution in [2.45, 2.75) is 6.04 Å². The molecule has 0 aliphatic carbocycles. The highest BCUT2D eigenvalue weighted by atomic mass is 35.5. The third-order valence-electron chi connectivity index (χ3n) is 6.99. The molecule has 1 unspecified atom stereocenters. The Bertz CT molecular complexity index is 1370. The van der Waals surface area contributed by atoms with Crippen molar-refractivity contribution in [3.8, 4) is 0 Å². The molecule has 0 saturated carbocycles. The maximum atomic E-state index is 13.9. The summed E-state index contributed by atoms with van der Waals surface area (Å²) in [7, 11) is 2.03. The van der Waals surface area contributed by atoms with E-state index in [0.29, 0.717) is 59.2 Å². The van der Waals surface area contributed by atoms with Gasteiger partial charge in [0.25, 0.3) is 5.91 Å². The number of pyridine rings is 1. The Labute approximate surface area is 219 Å². The number of nitrogens with one attached hydrogen (secondary N) is 1. The highest BCUT2D eigenvalue weighted by molar-refractivity contribution is 6.42. The van der Waals surface area contributed by atoms with Gasteiger partial charge in [0, 0.05) is 68.5 Å². The molecule has 0 spiro atoms. The summed E-state index contributed by atoms with van der Waals surface area (Å²) in [6.07, 6.45) is 0. The van der Waals surface area contributed by atoms with Gasteiger partial charge in [0.15, 0.2) is 0 Å². The number of carbonyl (C=O) groups is 2. The van der Waals surface area contributed by atoms with Crippen LogP contribution in [0.2, 0.25) is 10.0 Å². The summed E-state index contributed by atoms with van der Waals surface area (Å²) in [5.74, 6) is -0.408. The summed E-state index contributed by atoms with van der Waals surface area (Å²) in [4.78, 5) is 50.5. The molecule has 1 aromatic heterocycles. The van der Waals surface area contributed by atoms with Crippen LogP contribution < -0.4 is 10.5 Å². The fourth-order valence-electron chi connectivity index (χ4n) is 4.93. The SMILES string of the molecule is CN1CCN(C(=O)C2CN(c3ccc(Cl)c(Cl)c3)CCN2C(=O)c2cc(=O)[nH]c3ccccc23)CC1. The third kappa shape index (κ3) is 4.81. The molecule has 0 bridgehead atoms. The lowest BCUT2D eigenvalue weighted by molar-refractivity contribution is -0.137. The first-order chi connectivity index (χ1) is 17.3. The summed E-state index contributed by atoms with van der Waals surface area (Å²) in [5.41, 5.74) is 1.38. The maximum absolute atomic E-state index is 13.9. The molecule has 2 aliphatic heterocycles. The minimum absolute atomic E-state index is 0.0876. The lowest BCUT2D eigenvalue weighted by Crippen LogP contribution is -2.63. The van der Waals surface area contributed by atoms with E-state index in [1.165, 1.54) is 6.07 Å². The number of rotatable bonds is 3. The lowest BCUT2D eigenvalue weighted by Gasteiger charge is -2.44. The number of aromatic nitrogens is 1. The quantitative estimate of drug-likeness (QED) is 0.566. The average molecular weight is 528 g/mol. The van der Waals surface area contributed by atoms with Gasteiger partial charge in [0.1, 0.15) is 6.04 Å². The van der Waals surface area contributed by atoms with Crippen molar-refractivity contribution < 1.29 is 9.59 Å². The number of halogens is 2. The van der Waals surface area contributed by atoms with Crippen LogP contribution in [0.1, 0.15) is 10.4 Å². The summed E-state index contributed by atoms with van der Waals surface area (Å²) in [6, 6.07) is 13.2. The van der Waals surface area contributed by atoms with Crippen LogP contribution in [-0.2, 0) is 4.79 Å². The van der Waals surface area contributed by atoms with Gasteiger partial charge in [-0.3, -0.25) is 14.4 Å². The zero-order chi connectivity index (χ0) is 25.4. The molecule has 1 atom stereocenters. The van der Waals surface area contributed by atoms with Gasteiger partial charge < -0.3 is 24.6 Å². The summed E-state index contributed by atoms with van der Waals surface area (Å²) < 4.78 is 0. The van der Waals surface area contributed by atoms with Crippen LogP contribution in [0.5, 0.6) is 0 Å². The highest BCUT2D eigenvalue weighted by Gasteiger charge is 2.39. The zero-order valence-electron chi connectivity index (χ0n) is 19.9. The number of hydrogen-bond donors (Lipinski definition) is 1. The van der Waals surface area contributed by atoms with Gasteiger partial charge in [0.2, 0.25) is 11.5 Å². The molecule has 3 aromatic rings. The number of carbonyl (C=O) groups excluding carboxylic acids is 2. The Balaban J connectivity index is 1.49. The van der Waals surface area contributed by atoms with Crippen LogP contribution in [0.3, 0.4) is 0 Å². The fraction of sp³-hybridized carbons (Fsp3) is 0.346. The number of amides is 2. The largest absolute Gasteiger partial charge is 0.367 e. The van der Waals surface area contributed by atoms with Crippen LogP contribution in [0.15, 0.2) is 53.3 Å². The monoisotopic (exact) mass is 527 g/mol. The Hall–Kier alpha value is -3.07. The minimum atomic E-state index is -0.706. The molecular formula is C26H27Cl2N5O3. The minimum Gasteiger partial charge on any atom is -0.367 e. The second kappa shape index (κ2) is 10.1. The van der Waals surface area contributed by atoms with E-state index < -0.39 is 6.04 Å². The highest BCUT2D eigenvalue weighted by Crippen LogP contribution is 2.29. The molecule has 0 radical (unpaired) electrons. The molecule has 2 aliphatic rings. The molecular weight excluding hydrogens is 501 g/mol. The number of para-hydroxylation sites is 1. The summed E-state index contributed by atoms with van der Waals surface area (Å²) in [6.45, 7) is 3.92. The van der Waals surface area contributed by atoms with Crippen molar-refractivity contribution in [3.05, 3.63) is 74.5 Å². The number of anilines is 1. The van der Waals surface area contributed by atoms with Gasteiger partial charge in [-0.25, -0.2) is 0 Å². The van der Waals surface area contributed by atoms with Gasteiger partial charge in [-0.05, 0) is 31.3 Å². The standard InChI is InChI=1S/C26H27Cl2N5O3/c1-30-8-10-31(11-9-30)26(36)23-16-32(17-6-7-20(27)21(28)14-17)12-13-33(23)25(35)19-15-24(34)29-22-5-3-2-4-18(19)22/h2-7,14-15,23H,8-13,16H2,1H3,(H,29,34). The van der Waals surface area contributed by atoms with E-state index in [-0.39, 0.29) is 17.4 Å². The first kappa shape index (κ1) is 24.6. The average Bonchev–Trinajstić information content (AvgIpc) is 2.89. The van der Waals surface area contributed by atoms with E-state index >= 15 is 0 Å². The van der Waals surface area contributed by atoms with Gasteiger partial charge in [-0.15, -0.1) is 0 Å². The zero-order valence-corrected chi connectivity index (χ0v) is 21.4. The Kier molecular flexibility index (Phi) is 6.92. The van der Waals surface area contributed by atoms with Crippen molar-refractivity contribution in [2.24, 2.45) is 0 Å². The van der Waals surface area contributed by atoms with E-state index in [4.69, 9.17) is 23.2 Å². The second-order valence-corrected chi connectivity index (χ2v) is 10.1. The van der Waals surface area contributed by atoms with Gasteiger partial charge in [-0.1, -0.05) is 41.4 Å². The molecule has 10 heteroatoms. The maximum Gasteiger partial charge on any atom is 0.255 e. The van der Waals surface area contributed by atoms with E-state index in [1.54, 1.807) is 23.1 Å². The molecule has 3 heterocycles. The number of H-pyrrole nitrogens is 1. The van der Waals surface area contributed by atoms with Crippen LogP contribution in [0.25, 0.3) is 10.9 Å². The smallest absolute Gasteiger partial charge is 0.255 e. The molecule has 2 fully saturated rings. The number of nitrogens with zero attached hydrogens (tertiary/aromatic N) is 4. The fourth-order valence-corrected chi connectivity index (χ4v) is 5.22. The number of hydrogen-bond acceptors (Lipinski definition) is 5. The number of aromatic amines is 1. The normalized spacial score (nSPS) is 19.1. The predicted molar refractivity (Wildman–Crippen MR) is 142 cm³/mol. The predicted octanol–water partition coefficient (Wildman–Crippen LogP) is 2.94. The summed E-state index contributed by atoms with van der Waals surface area (Å²) >= 11 is 12.4. The lowest BCUT2D eigenvalue weighted by atomic mass is 10.0. The van der Waals surface area contributed by atoms with Crippen molar-refractivity contribution in [1.82, 2.24) is 19.7 Å². The van der Waals surface area contributed by atoms with Gasteiger partial charge in [0.05, 0.1) is 15.6 Å². The number of fused-ring (bicyclic) bond motifs is 1. The van der Waals surface area contributed by atoms with Crippen molar-refractivity contribution >= 4 is 51.6 Å². The topological polar surface area (TPSA) is 80.0 Å². The molecule has 2 aromatic carbocycles. The molecule has 188 valence electrons. The molecule has 8 nitrogen and oxygen atoms in total. The van der Waals surface area contributed by atoms with Crippen molar-refractivity contribution in [1.29, 1.82) is 0 Å². The van der Waals surface area contributed by atoms with Crippen LogP contribution in [-0.4, -0.2) is 90.4 Å². The first-order valence-electron chi connectivity index (χ1n) is 11.9. The second-order valence-electron chi connectivity index (χ2n) is 9.28. The van der Waals surface area contributed by atoms with Crippen molar-refractivity contribution in [3.63, 3.8) is 0 Å². The molecule has 1 N–H and O–H groups in total. The van der Waals surface area contributed by atoms with Crippen LogP contribution >= 0.6 is 23.2 Å². The molecule has 5 rings (SSSR count). The van der Waals surface area contributed by atoms with Crippen molar-refractivity contribution in [2.75, 3.05) is 57.8 Å². The van der Waals surface area contributed by atoms with Crippen LogP contribution in [0, 0.1) is 0 Å². The van der Waals surface area contributed by atoms with E-state index in [2.05, 4.69) is 14.8 Å². The number of piperazine rings is 2. The molecule has 2 saturated heterocycles. The molecule has 36 heavy (non-hydrogen) atoms. The number of benzene rings is 2. The van der Waals surface area contributed by atoms with E-state index in [9.17, 15) is 14.4 Å². The van der Waals surface area contributed by atoms with E-state index in [1.807, 2.05) is 36.2 Å². The Morgan fingerprint density at radius 1 is 0.917 bits per heavy atom.